The van der Waals surface area contributed by atoms with Crippen molar-refractivity contribution in [1.82, 2.24) is 9.55 Å². The predicted molar refractivity (Wildman–Crippen MR) is 93.3 cm³/mol. The number of aromatic nitrogens is 2. The first-order valence-electron chi connectivity index (χ1n) is 7.55. The second-order valence-electron chi connectivity index (χ2n) is 5.56. The van der Waals surface area contributed by atoms with Crippen molar-refractivity contribution >= 4 is 11.0 Å². The molecule has 4 rings (SSSR count). The number of phenolic OH excluding ortho intramolecular Hbond substituents is 1. The van der Waals surface area contributed by atoms with Crippen LogP contribution in [0.2, 0.25) is 0 Å². The van der Waals surface area contributed by atoms with E-state index in [-0.39, 0.29) is 5.75 Å². The second-order valence-corrected chi connectivity index (χ2v) is 5.56. The van der Waals surface area contributed by atoms with Gasteiger partial charge in [-0.25, -0.2) is 4.98 Å². The standard InChI is InChI=1S/C20H16N2O/c1-22-18-17(21-20(22)15-10-6-3-7-11-15)13-12-16(19(18)23)14-8-4-2-5-9-14/h2-13,23H,1H3. The van der Waals surface area contributed by atoms with Gasteiger partial charge in [-0.3, -0.25) is 0 Å². The molecule has 1 N–H and O–H groups in total. The van der Waals surface area contributed by atoms with E-state index in [9.17, 15) is 5.11 Å². The van der Waals surface area contributed by atoms with E-state index in [0.29, 0.717) is 0 Å². The predicted octanol–water partition coefficient (Wildman–Crippen LogP) is 4.61. The molecular weight excluding hydrogens is 284 g/mol. The van der Waals surface area contributed by atoms with E-state index in [1.807, 2.05) is 84.4 Å². The topological polar surface area (TPSA) is 38.0 Å². The molecule has 0 aliphatic carbocycles. The zero-order valence-corrected chi connectivity index (χ0v) is 12.8. The summed E-state index contributed by atoms with van der Waals surface area (Å²) in [5.74, 6) is 1.12. The molecule has 3 aromatic carbocycles. The molecule has 0 spiro atoms. The van der Waals surface area contributed by atoms with Gasteiger partial charge < -0.3 is 9.67 Å². The summed E-state index contributed by atoms with van der Waals surface area (Å²) in [5.41, 5.74) is 4.40. The van der Waals surface area contributed by atoms with Crippen molar-refractivity contribution in [1.29, 1.82) is 0 Å². The third-order valence-electron chi connectivity index (χ3n) is 4.13. The maximum absolute atomic E-state index is 10.8. The molecule has 0 atom stereocenters. The third kappa shape index (κ3) is 2.18. The van der Waals surface area contributed by atoms with Crippen LogP contribution in [-0.2, 0) is 7.05 Å². The van der Waals surface area contributed by atoms with Crippen LogP contribution in [0.4, 0.5) is 0 Å². The van der Waals surface area contributed by atoms with Crippen LogP contribution in [0.3, 0.4) is 0 Å². The van der Waals surface area contributed by atoms with E-state index >= 15 is 0 Å². The first-order chi connectivity index (χ1) is 11.3. The molecule has 4 aromatic rings. The van der Waals surface area contributed by atoms with Gasteiger partial charge in [0.05, 0.1) is 5.52 Å². The number of hydrogen-bond acceptors (Lipinski definition) is 2. The van der Waals surface area contributed by atoms with Crippen molar-refractivity contribution in [3.05, 3.63) is 72.8 Å². The van der Waals surface area contributed by atoms with Gasteiger partial charge in [0, 0.05) is 18.2 Å². The van der Waals surface area contributed by atoms with Gasteiger partial charge in [-0.1, -0.05) is 60.7 Å². The van der Waals surface area contributed by atoms with Crippen LogP contribution in [0.5, 0.6) is 5.75 Å². The Hall–Kier alpha value is -3.07. The normalized spacial score (nSPS) is 11.0. The van der Waals surface area contributed by atoms with E-state index in [1.54, 1.807) is 0 Å². The van der Waals surface area contributed by atoms with Crippen molar-refractivity contribution in [2.45, 2.75) is 0 Å². The van der Waals surface area contributed by atoms with Gasteiger partial charge in [0.1, 0.15) is 17.1 Å². The highest BCUT2D eigenvalue weighted by atomic mass is 16.3. The third-order valence-corrected chi connectivity index (χ3v) is 4.13. The van der Waals surface area contributed by atoms with E-state index in [4.69, 9.17) is 0 Å². The lowest BCUT2D eigenvalue weighted by atomic mass is 10.0. The van der Waals surface area contributed by atoms with Gasteiger partial charge in [-0.05, 0) is 17.7 Å². The number of fused-ring (bicyclic) bond motifs is 1. The number of hydrogen-bond donors (Lipinski definition) is 1. The van der Waals surface area contributed by atoms with Crippen LogP contribution in [0, 0.1) is 0 Å². The van der Waals surface area contributed by atoms with E-state index in [2.05, 4.69) is 4.98 Å². The van der Waals surface area contributed by atoms with Gasteiger partial charge >= 0.3 is 0 Å². The molecule has 0 unspecified atom stereocenters. The van der Waals surface area contributed by atoms with Gasteiger partial charge in [-0.2, -0.15) is 0 Å². The molecule has 3 nitrogen and oxygen atoms in total. The molecular formula is C20H16N2O. The minimum absolute atomic E-state index is 0.269. The highest BCUT2D eigenvalue weighted by Gasteiger charge is 2.16. The maximum Gasteiger partial charge on any atom is 0.149 e. The van der Waals surface area contributed by atoms with Crippen molar-refractivity contribution in [3.63, 3.8) is 0 Å². The summed E-state index contributed by atoms with van der Waals surface area (Å²) in [6, 6.07) is 23.8. The summed E-state index contributed by atoms with van der Waals surface area (Å²) in [7, 11) is 1.94. The molecule has 0 saturated heterocycles. The molecule has 3 heteroatoms. The van der Waals surface area contributed by atoms with E-state index in [0.717, 1.165) is 33.5 Å². The summed E-state index contributed by atoms with van der Waals surface area (Å²) < 4.78 is 1.95. The SMILES string of the molecule is Cn1c(-c2ccccc2)nc2ccc(-c3ccccc3)c(O)c21. The monoisotopic (exact) mass is 300 g/mol. The van der Waals surface area contributed by atoms with Gasteiger partial charge in [0.25, 0.3) is 0 Å². The molecule has 112 valence electrons. The van der Waals surface area contributed by atoms with Crippen LogP contribution in [0.1, 0.15) is 0 Å². The first kappa shape index (κ1) is 13.6. The smallest absolute Gasteiger partial charge is 0.149 e. The molecule has 23 heavy (non-hydrogen) atoms. The zero-order chi connectivity index (χ0) is 15.8. The molecule has 1 aromatic heterocycles. The second kappa shape index (κ2) is 5.29. The summed E-state index contributed by atoms with van der Waals surface area (Å²) >= 11 is 0. The summed E-state index contributed by atoms with van der Waals surface area (Å²) in [4.78, 5) is 4.68. The first-order valence-corrected chi connectivity index (χ1v) is 7.55. The number of aryl methyl sites for hydroxylation is 1. The highest BCUT2D eigenvalue weighted by Crippen LogP contribution is 2.37. The van der Waals surface area contributed by atoms with Gasteiger partial charge in [0.15, 0.2) is 0 Å². The van der Waals surface area contributed by atoms with Crippen LogP contribution in [0.15, 0.2) is 72.8 Å². The molecule has 0 saturated carbocycles. The fraction of sp³-hybridized carbons (Fsp3) is 0.0500. The van der Waals surface area contributed by atoms with Crippen LogP contribution in [0.25, 0.3) is 33.5 Å². The van der Waals surface area contributed by atoms with E-state index < -0.39 is 0 Å². The summed E-state index contributed by atoms with van der Waals surface area (Å²) in [6.45, 7) is 0. The molecule has 0 bridgehead atoms. The average Bonchev–Trinajstić information content (AvgIpc) is 2.94. The number of aromatic hydroxyl groups is 1. The minimum Gasteiger partial charge on any atom is -0.505 e. The Morgan fingerprint density at radius 2 is 1.39 bits per heavy atom. The van der Waals surface area contributed by atoms with Crippen molar-refractivity contribution in [2.24, 2.45) is 7.05 Å². The number of nitrogens with zero attached hydrogens (tertiary/aromatic N) is 2. The molecule has 0 radical (unpaired) electrons. The fourth-order valence-electron chi connectivity index (χ4n) is 2.98. The largest absolute Gasteiger partial charge is 0.505 e. The van der Waals surface area contributed by atoms with Crippen LogP contribution < -0.4 is 0 Å². The molecule has 0 aliphatic heterocycles. The number of rotatable bonds is 2. The molecule has 0 aliphatic rings. The Kier molecular flexibility index (Phi) is 3.12. The number of phenols is 1. The van der Waals surface area contributed by atoms with Crippen LogP contribution in [-0.4, -0.2) is 14.7 Å². The molecule has 0 fully saturated rings. The Labute approximate surface area is 134 Å². The molecule has 0 amide bonds. The minimum atomic E-state index is 0.269. The Morgan fingerprint density at radius 3 is 2.04 bits per heavy atom. The van der Waals surface area contributed by atoms with Crippen molar-refractivity contribution in [3.8, 4) is 28.3 Å². The number of benzene rings is 3. The van der Waals surface area contributed by atoms with Gasteiger partial charge in [-0.15, -0.1) is 0 Å². The highest BCUT2D eigenvalue weighted by molar-refractivity contribution is 5.92. The number of imidazole rings is 1. The van der Waals surface area contributed by atoms with Crippen LogP contribution >= 0.6 is 0 Å². The fourth-order valence-corrected chi connectivity index (χ4v) is 2.98. The average molecular weight is 300 g/mol. The molecule has 1 heterocycles. The van der Waals surface area contributed by atoms with Crippen molar-refractivity contribution in [2.75, 3.05) is 0 Å². The Bertz CT molecular complexity index is 935. The quantitative estimate of drug-likeness (QED) is 0.587. The van der Waals surface area contributed by atoms with E-state index in [1.165, 1.54) is 0 Å². The van der Waals surface area contributed by atoms with Crippen molar-refractivity contribution < 1.29 is 5.11 Å². The summed E-state index contributed by atoms with van der Waals surface area (Å²) in [6.07, 6.45) is 0. The summed E-state index contributed by atoms with van der Waals surface area (Å²) in [5, 5.41) is 10.8. The Balaban J connectivity index is 1.96. The lowest BCUT2D eigenvalue weighted by molar-refractivity contribution is 0.481. The van der Waals surface area contributed by atoms with Gasteiger partial charge in [0.2, 0.25) is 0 Å². The zero-order valence-electron chi connectivity index (χ0n) is 12.8. The Morgan fingerprint density at radius 1 is 0.783 bits per heavy atom. The lowest BCUT2D eigenvalue weighted by Gasteiger charge is -2.07. The maximum atomic E-state index is 10.8. The lowest BCUT2D eigenvalue weighted by Crippen LogP contribution is -1.93.